The van der Waals surface area contributed by atoms with E-state index in [1.807, 2.05) is 72.9 Å². The molecule has 0 aliphatic carbocycles. The van der Waals surface area contributed by atoms with Crippen molar-refractivity contribution >= 4 is 51.3 Å². The van der Waals surface area contributed by atoms with Crippen molar-refractivity contribution in [2.75, 3.05) is 7.11 Å². The molecule has 0 spiro atoms. The van der Waals surface area contributed by atoms with Gasteiger partial charge in [0.25, 0.3) is 5.91 Å². The molecule has 9 heteroatoms. The Hall–Kier alpha value is -4.08. The number of thiocarbonyl (C=S) groups is 1. The Labute approximate surface area is 215 Å². The zero-order valence-corrected chi connectivity index (χ0v) is 20.7. The molecule has 4 heterocycles. The van der Waals surface area contributed by atoms with Crippen LogP contribution in [0.25, 0.3) is 34.2 Å². The number of nitrogens with zero attached hydrogens (tertiary/aromatic N) is 3. The number of amides is 1. The van der Waals surface area contributed by atoms with E-state index in [4.69, 9.17) is 30.9 Å². The molecule has 2 aromatic carbocycles. The summed E-state index contributed by atoms with van der Waals surface area (Å²) < 4.78 is 19.3. The first kappa shape index (κ1) is 22.4. The average molecular weight is 514 g/mol. The summed E-state index contributed by atoms with van der Waals surface area (Å²) in [5, 5.41) is 5.72. The zero-order chi connectivity index (χ0) is 24.6. The van der Waals surface area contributed by atoms with Crippen molar-refractivity contribution in [1.29, 1.82) is 0 Å². The topological polar surface area (TPSA) is 73.6 Å². The summed E-state index contributed by atoms with van der Waals surface area (Å²) in [5.41, 5.74) is 2.86. The third kappa shape index (κ3) is 4.02. The van der Waals surface area contributed by atoms with Crippen molar-refractivity contribution in [1.82, 2.24) is 14.7 Å². The summed E-state index contributed by atoms with van der Waals surface area (Å²) >= 11 is 6.75. The van der Waals surface area contributed by atoms with Crippen LogP contribution in [0.2, 0.25) is 0 Å². The molecule has 6 rings (SSSR count). The Morgan fingerprint density at radius 2 is 1.97 bits per heavy atom. The van der Waals surface area contributed by atoms with Gasteiger partial charge in [0.1, 0.15) is 15.8 Å². The largest absolute Gasteiger partial charge is 0.493 e. The molecule has 0 N–H and O–H groups in total. The minimum absolute atomic E-state index is 0.175. The minimum atomic E-state index is -0.175. The number of furan rings is 2. The number of para-hydroxylation sites is 2. The Morgan fingerprint density at radius 1 is 1.11 bits per heavy atom. The van der Waals surface area contributed by atoms with Gasteiger partial charge in [0.15, 0.2) is 17.1 Å². The van der Waals surface area contributed by atoms with Gasteiger partial charge in [-0.1, -0.05) is 54.3 Å². The molecule has 1 fully saturated rings. The highest BCUT2D eigenvalue weighted by atomic mass is 32.2. The summed E-state index contributed by atoms with van der Waals surface area (Å²) in [6, 6.07) is 21.0. The molecule has 5 aromatic rings. The zero-order valence-electron chi connectivity index (χ0n) is 19.1. The molecule has 1 aliphatic heterocycles. The number of benzene rings is 2. The SMILES string of the molecule is COc1cccc2cc(-c3nn(-c4ccccc4)cc3/C=C3\SC(=S)N(Cc4ccco4)C3=O)oc12. The number of aromatic nitrogens is 2. The van der Waals surface area contributed by atoms with Crippen molar-refractivity contribution in [3.8, 4) is 22.9 Å². The monoisotopic (exact) mass is 513 g/mol. The van der Waals surface area contributed by atoms with Gasteiger partial charge in [0.05, 0.1) is 30.5 Å². The maximum absolute atomic E-state index is 13.2. The molecule has 1 saturated heterocycles. The molecule has 0 atom stereocenters. The number of carbonyl (C=O) groups is 1. The number of hydrogen-bond acceptors (Lipinski definition) is 7. The van der Waals surface area contributed by atoms with Crippen LogP contribution in [-0.4, -0.2) is 32.0 Å². The Balaban J connectivity index is 1.44. The molecule has 0 radical (unpaired) electrons. The summed E-state index contributed by atoms with van der Waals surface area (Å²) in [7, 11) is 1.61. The lowest BCUT2D eigenvalue weighted by Crippen LogP contribution is -2.27. The van der Waals surface area contributed by atoms with E-state index in [9.17, 15) is 4.79 Å². The summed E-state index contributed by atoms with van der Waals surface area (Å²) in [4.78, 5) is 15.3. The number of fused-ring (bicyclic) bond motifs is 1. The Kier molecular flexibility index (Phi) is 5.71. The van der Waals surface area contributed by atoms with Gasteiger partial charge in [-0.2, -0.15) is 5.10 Å². The molecular weight excluding hydrogens is 494 g/mol. The number of thioether (sulfide) groups is 1. The Bertz CT molecular complexity index is 1620. The van der Waals surface area contributed by atoms with Gasteiger partial charge in [0, 0.05) is 17.1 Å². The van der Waals surface area contributed by atoms with Gasteiger partial charge in [0.2, 0.25) is 0 Å². The van der Waals surface area contributed by atoms with E-state index < -0.39 is 0 Å². The third-order valence-electron chi connectivity index (χ3n) is 5.78. The van der Waals surface area contributed by atoms with Gasteiger partial charge in [-0.25, -0.2) is 4.68 Å². The van der Waals surface area contributed by atoms with Crippen LogP contribution < -0.4 is 4.74 Å². The lowest BCUT2D eigenvalue weighted by molar-refractivity contribution is -0.122. The van der Waals surface area contributed by atoms with Gasteiger partial charge in [-0.3, -0.25) is 9.69 Å². The molecule has 1 amide bonds. The fourth-order valence-corrected chi connectivity index (χ4v) is 5.29. The van der Waals surface area contributed by atoms with Crippen LogP contribution in [0, 0.1) is 0 Å². The molecule has 7 nitrogen and oxygen atoms in total. The Morgan fingerprint density at radius 3 is 2.75 bits per heavy atom. The number of rotatable bonds is 6. The van der Waals surface area contributed by atoms with Crippen LogP contribution in [0.4, 0.5) is 0 Å². The molecule has 0 saturated carbocycles. The van der Waals surface area contributed by atoms with Crippen molar-refractivity contribution in [2.24, 2.45) is 0 Å². The van der Waals surface area contributed by atoms with E-state index in [1.54, 1.807) is 24.1 Å². The molecule has 0 unspecified atom stereocenters. The fraction of sp³-hybridized carbons (Fsp3) is 0.0741. The quantitative estimate of drug-likeness (QED) is 0.195. The van der Waals surface area contributed by atoms with E-state index in [-0.39, 0.29) is 12.5 Å². The minimum Gasteiger partial charge on any atom is -0.493 e. The average Bonchev–Trinajstić information content (AvgIpc) is 3.69. The molecular formula is C27H19N3O4S2. The van der Waals surface area contributed by atoms with E-state index in [0.29, 0.717) is 37.8 Å². The number of hydrogen-bond donors (Lipinski definition) is 0. The van der Waals surface area contributed by atoms with Crippen molar-refractivity contribution in [2.45, 2.75) is 6.54 Å². The standard InChI is InChI=1S/C27H19N3O4S2/c1-32-21-11-5-7-17-13-22(34-25(17)21)24-18(15-30(28-24)19-8-3-2-4-9-19)14-23-26(31)29(27(35)36-23)16-20-10-6-12-33-20/h2-15H,16H2,1H3/b23-14-. The van der Waals surface area contributed by atoms with Crippen LogP contribution in [-0.2, 0) is 11.3 Å². The van der Waals surface area contributed by atoms with Crippen molar-refractivity contribution < 1.29 is 18.4 Å². The van der Waals surface area contributed by atoms with Crippen LogP contribution >= 0.6 is 24.0 Å². The van der Waals surface area contributed by atoms with E-state index in [2.05, 4.69) is 0 Å². The molecule has 178 valence electrons. The molecule has 0 bridgehead atoms. The molecule has 3 aromatic heterocycles. The predicted octanol–water partition coefficient (Wildman–Crippen LogP) is 6.29. The lowest BCUT2D eigenvalue weighted by atomic mass is 10.1. The maximum Gasteiger partial charge on any atom is 0.266 e. The van der Waals surface area contributed by atoms with Crippen molar-refractivity contribution in [3.63, 3.8) is 0 Å². The smallest absolute Gasteiger partial charge is 0.266 e. The van der Waals surface area contributed by atoms with Gasteiger partial charge in [-0.05, 0) is 42.5 Å². The highest BCUT2D eigenvalue weighted by Gasteiger charge is 2.33. The fourth-order valence-electron chi connectivity index (χ4n) is 4.05. The molecule has 1 aliphatic rings. The number of carbonyl (C=O) groups excluding carboxylic acids is 1. The second kappa shape index (κ2) is 9.18. The third-order valence-corrected chi connectivity index (χ3v) is 7.16. The van der Waals surface area contributed by atoms with Gasteiger partial charge in [-0.15, -0.1) is 0 Å². The number of ether oxygens (including phenoxy) is 1. The normalized spacial score (nSPS) is 14.9. The van der Waals surface area contributed by atoms with E-state index >= 15 is 0 Å². The van der Waals surface area contributed by atoms with Crippen LogP contribution in [0.1, 0.15) is 11.3 Å². The van der Waals surface area contributed by atoms with Gasteiger partial charge < -0.3 is 13.6 Å². The highest BCUT2D eigenvalue weighted by Crippen LogP contribution is 2.38. The van der Waals surface area contributed by atoms with Gasteiger partial charge >= 0.3 is 0 Å². The maximum atomic E-state index is 13.2. The molecule has 36 heavy (non-hydrogen) atoms. The highest BCUT2D eigenvalue weighted by molar-refractivity contribution is 8.26. The van der Waals surface area contributed by atoms with Crippen LogP contribution in [0.5, 0.6) is 5.75 Å². The summed E-state index contributed by atoms with van der Waals surface area (Å²) in [6.07, 6.45) is 5.27. The predicted molar refractivity (Wildman–Crippen MR) is 143 cm³/mol. The second-order valence-electron chi connectivity index (χ2n) is 8.05. The first-order valence-electron chi connectivity index (χ1n) is 11.1. The number of methoxy groups -OCH3 is 1. The first-order valence-corrected chi connectivity index (χ1v) is 12.3. The summed E-state index contributed by atoms with van der Waals surface area (Å²) in [5.74, 6) is 1.70. The van der Waals surface area contributed by atoms with E-state index in [1.165, 1.54) is 16.7 Å². The van der Waals surface area contributed by atoms with Crippen LogP contribution in [0.15, 0.2) is 92.9 Å². The second-order valence-corrected chi connectivity index (χ2v) is 9.73. The summed E-state index contributed by atoms with van der Waals surface area (Å²) in [6.45, 7) is 0.286. The van der Waals surface area contributed by atoms with E-state index in [0.717, 1.165) is 16.6 Å². The van der Waals surface area contributed by atoms with Crippen molar-refractivity contribution in [3.05, 3.63) is 95.4 Å². The lowest BCUT2D eigenvalue weighted by Gasteiger charge is -2.11. The van der Waals surface area contributed by atoms with Crippen LogP contribution in [0.3, 0.4) is 0 Å². The first-order chi connectivity index (χ1) is 17.6.